The molecule has 0 bridgehead atoms. The number of hydrogen-bond acceptors (Lipinski definition) is 3. The van der Waals surface area contributed by atoms with Crippen LogP contribution in [-0.2, 0) is 9.59 Å². The molecule has 1 aliphatic carbocycles. The summed E-state index contributed by atoms with van der Waals surface area (Å²) in [7, 11) is 2.09. The summed E-state index contributed by atoms with van der Waals surface area (Å²) in [5.41, 5.74) is 0. The largest absolute Gasteiger partial charge is 0.353 e. The predicted molar refractivity (Wildman–Crippen MR) is 84.9 cm³/mol. The lowest BCUT2D eigenvalue weighted by atomic mass is 10.0. The molecule has 0 spiro atoms. The van der Waals surface area contributed by atoms with Crippen LogP contribution in [0.15, 0.2) is 0 Å². The Morgan fingerprint density at radius 2 is 1.81 bits per heavy atom. The summed E-state index contributed by atoms with van der Waals surface area (Å²) in [6, 6.07) is 0.260. The Balaban J connectivity index is 2.35. The van der Waals surface area contributed by atoms with Crippen molar-refractivity contribution in [2.45, 2.75) is 59.0 Å². The molecule has 1 atom stereocenters. The van der Waals surface area contributed by atoms with Crippen LogP contribution in [0.4, 0.5) is 0 Å². The highest BCUT2D eigenvalue weighted by atomic mass is 16.2. The van der Waals surface area contributed by atoms with Crippen molar-refractivity contribution >= 4 is 11.8 Å². The maximum Gasteiger partial charge on any atom is 0.242 e. The molecule has 1 fully saturated rings. The van der Waals surface area contributed by atoms with Gasteiger partial charge in [-0.25, -0.2) is 0 Å². The Bertz CT molecular complexity index is 351. The van der Waals surface area contributed by atoms with Gasteiger partial charge in [0.1, 0.15) is 6.04 Å². The zero-order chi connectivity index (χ0) is 16.0. The van der Waals surface area contributed by atoms with E-state index in [0.717, 1.165) is 6.54 Å². The van der Waals surface area contributed by atoms with Gasteiger partial charge in [-0.15, -0.1) is 0 Å². The summed E-state index contributed by atoms with van der Waals surface area (Å²) < 4.78 is 0. The number of carbonyl (C=O) groups excluding carboxylic acids is 2. The second-order valence-electron chi connectivity index (χ2n) is 6.89. The van der Waals surface area contributed by atoms with E-state index in [4.69, 9.17) is 0 Å². The second-order valence-corrected chi connectivity index (χ2v) is 6.89. The van der Waals surface area contributed by atoms with E-state index in [-0.39, 0.29) is 17.7 Å². The van der Waals surface area contributed by atoms with Crippen molar-refractivity contribution in [3.8, 4) is 0 Å². The molecule has 1 saturated carbocycles. The first-order chi connectivity index (χ1) is 9.81. The third-order valence-corrected chi connectivity index (χ3v) is 3.79. The van der Waals surface area contributed by atoms with Crippen LogP contribution in [0.25, 0.3) is 0 Å². The molecule has 1 rings (SSSR count). The van der Waals surface area contributed by atoms with Crippen molar-refractivity contribution in [3.63, 3.8) is 0 Å². The molecule has 1 aliphatic rings. The van der Waals surface area contributed by atoms with E-state index < -0.39 is 6.04 Å². The lowest BCUT2D eigenvalue weighted by Crippen LogP contribution is -2.51. The minimum Gasteiger partial charge on any atom is -0.353 e. The Hall–Kier alpha value is -1.10. The molecule has 0 radical (unpaired) electrons. The normalized spacial score (nSPS) is 16.4. The van der Waals surface area contributed by atoms with Gasteiger partial charge >= 0.3 is 0 Å². The Kier molecular flexibility index (Phi) is 7.15. The lowest BCUT2D eigenvalue weighted by Gasteiger charge is -2.23. The molecule has 0 heterocycles. The smallest absolute Gasteiger partial charge is 0.242 e. The number of nitrogens with zero attached hydrogens (tertiary/aromatic N) is 1. The molecule has 5 heteroatoms. The van der Waals surface area contributed by atoms with Gasteiger partial charge < -0.3 is 15.5 Å². The van der Waals surface area contributed by atoms with Crippen molar-refractivity contribution in [2.24, 2.45) is 11.8 Å². The van der Waals surface area contributed by atoms with Crippen LogP contribution in [-0.4, -0.2) is 48.9 Å². The average Bonchev–Trinajstić information content (AvgIpc) is 3.18. The molecule has 0 aromatic rings. The number of rotatable bonds is 9. The zero-order valence-corrected chi connectivity index (χ0v) is 14.1. The van der Waals surface area contributed by atoms with Crippen LogP contribution in [0.5, 0.6) is 0 Å². The zero-order valence-electron chi connectivity index (χ0n) is 14.1. The van der Waals surface area contributed by atoms with Gasteiger partial charge in [0.05, 0.1) is 0 Å². The summed E-state index contributed by atoms with van der Waals surface area (Å²) in [5.74, 6) is 0.260. The van der Waals surface area contributed by atoms with E-state index in [1.807, 2.05) is 27.7 Å². The Morgan fingerprint density at radius 3 is 2.29 bits per heavy atom. The molecular formula is C16H31N3O2. The van der Waals surface area contributed by atoms with Gasteiger partial charge in [-0.05, 0) is 31.7 Å². The lowest BCUT2D eigenvalue weighted by molar-refractivity contribution is -0.130. The van der Waals surface area contributed by atoms with Crippen molar-refractivity contribution in [2.75, 3.05) is 20.1 Å². The fraction of sp³-hybridized carbons (Fsp3) is 0.875. The number of carbonyl (C=O) groups is 2. The highest BCUT2D eigenvalue weighted by Crippen LogP contribution is 2.24. The SMILES string of the molecule is CC(C)CC(=O)NC(C(=O)NCCN(C)C1CC1)C(C)C. The second kappa shape index (κ2) is 8.37. The van der Waals surface area contributed by atoms with E-state index in [2.05, 4.69) is 22.6 Å². The van der Waals surface area contributed by atoms with E-state index >= 15 is 0 Å². The van der Waals surface area contributed by atoms with Crippen LogP contribution < -0.4 is 10.6 Å². The molecule has 2 N–H and O–H groups in total. The van der Waals surface area contributed by atoms with Crippen molar-refractivity contribution in [3.05, 3.63) is 0 Å². The number of hydrogen-bond donors (Lipinski definition) is 2. The monoisotopic (exact) mass is 297 g/mol. The van der Waals surface area contributed by atoms with Gasteiger partial charge in [0.2, 0.25) is 11.8 Å². The maximum absolute atomic E-state index is 12.2. The highest BCUT2D eigenvalue weighted by molar-refractivity contribution is 5.87. The Labute approximate surface area is 128 Å². The first-order valence-corrected chi connectivity index (χ1v) is 8.08. The van der Waals surface area contributed by atoms with E-state index in [9.17, 15) is 9.59 Å². The first-order valence-electron chi connectivity index (χ1n) is 8.08. The highest BCUT2D eigenvalue weighted by Gasteiger charge is 2.27. The van der Waals surface area contributed by atoms with Crippen LogP contribution in [0.1, 0.15) is 47.0 Å². The summed E-state index contributed by atoms with van der Waals surface area (Å²) >= 11 is 0. The molecule has 1 unspecified atom stereocenters. The molecule has 0 aliphatic heterocycles. The van der Waals surface area contributed by atoms with Crippen LogP contribution in [0.3, 0.4) is 0 Å². The van der Waals surface area contributed by atoms with Crippen LogP contribution in [0.2, 0.25) is 0 Å². The summed E-state index contributed by atoms with van der Waals surface area (Å²) in [6.07, 6.45) is 3.00. The number of nitrogens with one attached hydrogen (secondary N) is 2. The van der Waals surface area contributed by atoms with Gasteiger partial charge in [-0.3, -0.25) is 9.59 Å². The predicted octanol–water partition coefficient (Wildman–Crippen LogP) is 1.38. The van der Waals surface area contributed by atoms with E-state index in [1.54, 1.807) is 0 Å². The van der Waals surface area contributed by atoms with Gasteiger partial charge in [-0.2, -0.15) is 0 Å². The van der Waals surface area contributed by atoms with E-state index in [1.165, 1.54) is 12.8 Å². The first kappa shape index (κ1) is 18.0. The van der Waals surface area contributed by atoms with E-state index in [0.29, 0.717) is 24.9 Å². The number of amides is 2. The van der Waals surface area contributed by atoms with Crippen molar-refractivity contribution < 1.29 is 9.59 Å². The fourth-order valence-electron chi connectivity index (χ4n) is 2.30. The average molecular weight is 297 g/mol. The van der Waals surface area contributed by atoms with Gasteiger partial charge in [-0.1, -0.05) is 27.7 Å². The van der Waals surface area contributed by atoms with Crippen LogP contribution in [0, 0.1) is 11.8 Å². The molecule has 0 aromatic heterocycles. The number of likely N-dealkylation sites (N-methyl/N-ethyl adjacent to an activating group) is 1. The standard InChI is InChI=1S/C16H31N3O2/c1-11(2)10-14(20)18-15(12(3)4)16(21)17-8-9-19(5)13-6-7-13/h11-13,15H,6-10H2,1-5H3,(H,17,21)(H,18,20). The molecule has 0 saturated heterocycles. The molecule has 0 aromatic carbocycles. The molecule has 21 heavy (non-hydrogen) atoms. The van der Waals surface area contributed by atoms with Crippen molar-refractivity contribution in [1.82, 2.24) is 15.5 Å². The minimum atomic E-state index is -0.442. The quantitative estimate of drug-likeness (QED) is 0.676. The van der Waals surface area contributed by atoms with Crippen LogP contribution >= 0.6 is 0 Å². The molecular weight excluding hydrogens is 266 g/mol. The summed E-state index contributed by atoms with van der Waals surface area (Å²) in [4.78, 5) is 26.4. The third kappa shape index (κ3) is 6.93. The maximum atomic E-state index is 12.2. The topological polar surface area (TPSA) is 61.4 Å². The fourth-order valence-corrected chi connectivity index (χ4v) is 2.30. The Morgan fingerprint density at radius 1 is 1.19 bits per heavy atom. The van der Waals surface area contributed by atoms with Gasteiger partial charge in [0.15, 0.2) is 0 Å². The molecule has 122 valence electrons. The summed E-state index contributed by atoms with van der Waals surface area (Å²) in [6.45, 7) is 9.40. The molecule has 5 nitrogen and oxygen atoms in total. The molecule has 2 amide bonds. The summed E-state index contributed by atoms with van der Waals surface area (Å²) in [5, 5.41) is 5.80. The van der Waals surface area contributed by atoms with Gasteiger partial charge in [0.25, 0.3) is 0 Å². The van der Waals surface area contributed by atoms with Gasteiger partial charge in [0, 0.05) is 25.6 Å². The van der Waals surface area contributed by atoms with Crippen molar-refractivity contribution in [1.29, 1.82) is 0 Å². The third-order valence-electron chi connectivity index (χ3n) is 3.79. The minimum absolute atomic E-state index is 0.0473.